The van der Waals surface area contributed by atoms with E-state index in [1.807, 2.05) is 13.1 Å². The van der Waals surface area contributed by atoms with E-state index in [4.69, 9.17) is 5.73 Å². The largest absolute Gasteiger partial charge is 0.359 e. The van der Waals surface area contributed by atoms with Crippen LogP contribution in [-0.2, 0) is 0 Å². The summed E-state index contributed by atoms with van der Waals surface area (Å²) in [7, 11) is 4.31. The Hall–Kier alpha value is -1.13. The average molecular weight is 248 g/mol. The molecule has 1 aliphatic rings. The molecule has 1 aliphatic heterocycles. The second-order valence-corrected chi connectivity index (χ2v) is 5.54. The van der Waals surface area contributed by atoms with Crippen molar-refractivity contribution in [3.63, 3.8) is 0 Å². The molecule has 0 aromatic carbocycles. The van der Waals surface area contributed by atoms with Gasteiger partial charge in [-0.05, 0) is 44.5 Å². The first-order valence-electron chi connectivity index (χ1n) is 6.67. The molecule has 2 rings (SSSR count). The quantitative estimate of drug-likeness (QED) is 0.877. The smallest absolute Gasteiger partial charge is 0.128 e. The number of aromatic nitrogens is 1. The van der Waals surface area contributed by atoms with E-state index in [-0.39, 0.29) is 6.04 Å². The van der Waals surface area contributed by atoms with Gasteiger partial charge in [0.05, 0.1) is 0 Å². The fourth-order valence-electron chi connectivity index (χ4n) is 2.55. The minimum atomic E-state index is 0.0559. The van der Waals surface area contributed by atoms with Crippen LogP contribution >= 0.6 is 0 Å². The molecule has 0 spiro atoms. The van der Waals surface area contributed by atoms with E-state index in [1.165, 1.54) is 19.5 Å². The van der Waals surface area contributed by atoms with Gasteiger partial charge in [0.25, 0.3) is 0 Å². The molecular weight excluding hydrogens is 224 g/mol. The molecule has 1 unspecified atom stereocenters. The van der Waals surface area contributed by atoms with Gasteiger partial charge in [-0.2, -0.15) is 0 Å². The molecule has 0 radical (unpaired) electrons. The van der Waals surface area contributed by atoms with Crippen molar-refractivity contribution in [3.05, 3.63) is 23.9 Å². The Bertz CT molecular complexity index is 374. The highest BCUT2D eigenvalue weighted by molar-refractivity contribution is 5.38. The maximum atomic E-state index is 5.83. The lowest BCUT2D eigenvalue weighted by molar-refractivity contribution is 0.395. The van der Waals surface area contributed by atoms with E-state index >= 15 is 0 Å². The summed E-state index contributed by atoms with van der Waals surface area (Å²) in [6.07, 6.45) is 3.18. The summed E-state index contributed by atoms with van der Waals surface area (Å²) in [4.78, 5) is 9.13. The van der Waals surface area contributed by atoms with E-state index in [9.17, 15) is 0 Å². The van der Waals surface area contributed by atoms with Crippen LogP contribution in [0.1, 0.15) is 24.9 Å². The molecule has 0 aliphatic carbocycles. The molecule has 2 atom stereocenters. The van der Waals surface area contributed by atoms with Gasteiger partial charge in [0.2, 0.25) is 0 Å². The van der Waals surface area contributed by atoms with Gasteiger partial charge >= 0.3 is 0 Å². The second kappa shape index (κ2) is 5.67. The van der Waals surface area contributed by atoms with Gasteiger partial charge in [-0.25, -0.2) is 4.98 Å². The van der Waals surface area contributed by atoms with Gasteiger partial charge in [-0.1, -0.05) is 6.07 Å². The summed E-state index contributed by atoms with van der Waals surface area (Å²) in [6.45, 7) is 5.47. The lowest BCUT2D eigenvalue weighted by atomic mass is 10.1. The number of hydrogen-bond acceptors (Lipinski definition) is 4. The van der Waals surface area contributed by atoms with Crippen molar-refractivity contribution >= 4 is 5.82 Å². The van der Waals surface area contributed by atoms with Crippen LogP contribution in [0.2, 0.25) is 0 Å². The number of rotatable bonds is 4. The fourth-order valence-corrected chi connectivity index (χ4v) is 2.55. The van der Waals surface area contributed by atoms with Gasteiger partial charge in [0, 0.05) is 32.4 Å². The van der Waals surface area contributed by atoms with Crippen LogP contribution < -0.4 is 10.6 Å². The molecule has 1 aromatic heterocycles. The van der Waals surface area contributed by atoms with Crippen molar-refractivity contribution in [3.8, 4) is 0 Å². The standard InChI is InChI=1S/C14H24N4/c1-11(15)13-4-5-14(16-8-13)18(3)10-12-6-7-17(2)9-12/h4-5,8,11-12H,6-7,9-10,15H2,1-3H3/t11-,12?/m1/s1. The Labute approximate surface area is 110 Å². The highest BCUT2D eigenvalue weighted by Gasteiger charge is 2.21. The molecule has 0 bridgehead atoms. The van der Waals surface area contributed by atoms with Gasteiger partial charge in [-0.15, -0.1) is 0 Å². The highest BCUT2D eigenvalue weighted by atomic mass is 15.2. The zero-order chi connectivity index (χ0) is 13.1. The van der Waals surface area contributed by atoms with Crippen LogP contribution in [0.4, 0.5) is 5.82 Å². The van der Waals surface area contributed by atoms with Crippen molar-refractivity contribution in [1.29, 1.82) is 0 Å². The maximum Gasteiger partial charge on any atom is 0.128 e. The molecule has 18 heavy (non-hydrogen) atoms. The summed E-state index contributed by atoms with van der Waals surface area (Å²) in [5.41, 5.74) is 6.92. The van der Waals surface area contributed by atoms with E-state index < -0.39 is 0 Å². The predicted octanol–water partition coefficient (Wildman–Crippen LogP) is 1.49. The molecular formula is C14H24N4. The van der Waals surface area contributed by atoms with Crippen molar-refractivity contribution < 1.29 is 0 Å². The molecule has 1 fully saturated rings. The van der Waals surface area contributed by atoms with Gasteiger partial charge in [0.1, 0.15) is 5.82 Å². The maximum absolute atomic E-state index is 5.83. The van der Waals surface area contributed by atoms with Gasteiger partial charge in [0.15, 0.2) is 0 Å². The topological polar surface area (TPSA) is 45.4 Å². The van der Waals surface area contributed by atoms with Crippen molar-refractivity contribution in [2.45, 2.75) is 19.4 Å². The van der Waals surface area contributed by atoms with Crippen LogP contribution in [-0.4, -0.2) is 43.6 Å². The molecule has 1 aromatic rings. The first-order chi connectivity index (χ1) is 8.56. The van der Waals surface area contributed by atoms with E-state index in [2.05, 4.69) is 41.0 Å². The third kappa shape index (κ3) is 3.21. The molecule has 2 heterocycles. The number of nitrogens with two attached hydrogens (primary N) is 1. The molecule has 2 N–H and O–H groups in total. The van der Waals surface area contributed by atoms with Crippen molar-refractivity contribution in [1.82, 2.24) is 9.88 Å². The second-order valence-electron chi connectivity index (χ2n) is 5.54. The zero-order valence-electron chi connectivity index (χ0n) is 11.6. The minimum absolute atomic E-state index is 0.0559. The molecule has 4 nitrogen and oxygen atoms in total. The number of nitrogens with zero attached hydrogens (tertiary/aromatic N) is 3. The third-order valence-corrected chi connectivity index (χ3v) is 3.71. The summed E-state index contributed by atoms with van der Waals surface area (Å²) in [6, 6.07) is 4.20. The lowest BCUT2D eigenvalue weighted by Crippen LogP contribution is -2.27. The molecule has 0 amide bonds. The molecule has 0 saturated carbocycles. The SMILES string of the molecule is C[C@@H](N)c1ccc(N(C)CC2CCN(C)C2)nc1. The van der Waals surface area contributed by atoms with Gasteiger partial charge < -0.3 is 15.5 Å². The van der Waals surface area contributed by atoms with Crippen molar-refractivity contribution in [2.24, 2.45) is 11.7 Å². The highest BCUT2D eigenvalue weighted by Crippen LogP contribution is 2.19. The van der Waals surface area contributed by atoms with Crippen molar-refractivity contribution in [2.75, 3.05) is 38.6 Å². The Kier molecular flexibility index (Phi) is 4.19. The summed E-state index contributed by atoms with van der Waals surface area (Å²) in [5, 5.41) is 0. The van der Waals surface area contributed by atoms with E-state index in [0.29, 0.717) is 0 Å². The van der Waals surface area contributed by atoms with E-state index in [1.54, 1.807) is 0 Å². The molecule has 4 heteroatoms. The lowest BCUT2D eigenvalue weighted by Gasteiger charge is -2.22. The zero-order valence-corrected chi connectivity index (χ0v) is 11.6. The van der Waals surface area contributed by atoms with Crippen LogP contribution in [0, 0.1) is 5.92 Å². The van der Waals surface area contributed by atoms with E-state index in [0.717, 1.165) is 23.8 Å². The Morgan fingerprint density at radius 2 is 2.33 bits per heavy atom. The monoisotopic (exact) mass is 248 g/mol. The number of likely N-dealkylation sites (tertiary alicyclic amines) is 1. The Morgan fingerprint density at radius 1 is 1.56 bits per heavy atom. The van der Waals surface area contributed by atoms with Crippen LogP contribution in [0.25, 0.3) is 0 Å². The van der Waals surface area contributed by atoms with Crippen LogP contribution in [0.5, 0.6) is 0 Å². The third-order valence-electron chi connectivity index (χ3n) is 3.71. The number of anilines is 1. The first kappa shape index (κ1) is 13.3. The molecule has 100 valence electrons. The normalized spacial score (nSPS) is 22.1. The minimum Gasteiger partial charge on any atom is -0.359 e. The summed E-state index contributed by atoms with van der Waals surface area (Å²) >= 11 is 0. The predicted molar refractivity (Wildman–Crippen MR) is 75.7 cm³/mol. The summed E-state index contributed by atoms with van der Waals surface area (Å²) < 4.78 is 0. The molecule has 1 saturated heterocycles. The number of hydrogen-bond donors (Lipinski definition) is 1. The Morgan fingerprint density at radius 3 is 2.83 bits per heavy atom. The van der Waals surface area contributed by atoms with Gasteiger partial charge in [-0.3, -0.25) is 0 Å². The Balaban J connectivity index is 1.94. The average Bonchev–Trinajstić information content (AvgIpc) is 2.75. The fraction of sp³-hybridized carbons (Fsp3) is 0.643. The summed E-state index contributed by atoms with van der Waals surface area (Å²) in [5.74, 6) is 1.80. The van der Waals surface area contributed by atoms with Crippen LogP contribution in [0.3, 0.4) is 0 Å². The van der Waals surface area contributed by atoms with Crippen LogP contribution in [0.15, 0.2) is 18.3 Å². The first-order valence-corrected chi connectivity index (χ1v) is 6.67. The number of pyridine rings is 1.